The van der Waals surface area contributed by atoms with Gasteiger partial charge in [-0.15, -0.1) is 0 Å². The average molecular weight is 491 g/mol. The number of nitriles is 1. The van der Waals surface area contributed by atoms with Crippen LogP contribution in [-0.2, 0) is 20.8 Å². The van der Waals surface area contributed by atoms with Gasteiger partial charge in [-0.05, 0) is 42.7 Å². The normalized spacial score (nSPS) is 13.4. The molecule has 0 bridgehead atoms. The molecule has 1 aliphatic heterocycles. The van der Waals surface area contributed by atoms with Crippen LogP contribution in [0.4, 0.5) is 5.69 Å². The molecule has 8 nitrogen and oxygen atoms in total. The van der Waals surface area contributed by atoms with Crippen LogP contribution in [0, 0.1) is 11.3 Å². The van der Waals surface area contributed by atoms with E-state index in [4.69, 9.17) is 10.00 Å². The summed E-state index contributed by atoms with van der Waals surface area (Å²) in [6.45, 7) is 2.47. The van der Waals surface area contributed by atoms with Crippen molar-refractivity contribution in [3.63, 3.8) is 0 Å². The Hall–Kier alpha value is -3.86. The van der Waals surface area contributed by atoms with Crippen molar-refractivity contribution in [2.45, 2.75) is 38.5 Å². The third kappa shape index (κ3) is 7.84. The molecule has 190 valence electrons. The zero-order valence-corrected chi connectivity index (χ0v) is 20.9. The molecule has 2 aromatic rings. The number of aryl methyl sites for hydroxylation is 1. The lowest BCUT2D eigenvalue weighted by molar-refractivity contribution is -0.134. The molecule has 3 rings (SSSR count). The van der Waals surface area contributed by atoms with Gasteiger partial charge in [0.05, 0.1) is 19.6 Å². The third-order valence-corrected chi connectivity index (χ3v) is 6.36. The largest absolute Gasteiger partial charge is 0.497 e. The van der Waals surface area contributed by atoms with Gasteiger partial charge in [-0.2, -0.15) is 5.26 Å². The van der Waals surface area contributed by atoms with Gasteiger partial charge < -0.3 is 19.4 Å². The maximum absolute atomic E-state index is 12.9. The van der Waals surface area contributed by atoms with Crippen molar-refractivity contribution in [1.82, 2.24) is 9.80 Å². The van der Waals surface area contributed by atoms with E-state index < -0.39 is 0 Å². The van der Waals surface area contributed by atoms with E-state index in [0.29, 0.717) is 52.0 Å². The van der Waals surface area contributed by atoms with E-state index in [1.807, 2.05) is 59.5 Å². The van der Waals surface area contributed by atoms with Crippen molar-refractivity contribution in [1.29, 1.82) is 5.26 Å². The van der Waals surface area contributed by atoms with E-state index in [1.165, 1.54) is 0 Å². The SMILES string of the molecule is COc1ccc(CCC(=O)N2CCCN(C(=O)CCC(=O)N(CCC#N)c3ccccc3)CC2)cc1. The van der Waals surface area contributed by atoms with E-state index in [1.54, 1.807) is 16.9 Å². The minimum absolute atomic E-state index is 0.0795. The highest BCUT2D eigenvalue weighted by atomic mass is 16.5. The van der Waals surface area contributed by atoms with Gasteiger partial charge in [-0.25, -0.2) is 0 Å². The van der Waals surface area contributed by atoms with Crippen LogP contribution in [-0.4, -0.2) is 67.4 Å². The molecule has 36 heavy (non-hydrogen) atoms. The standard InChI is InChI=1S/C28H34N4O4/c1-36-25-12-9-23(10-13-25)11-14-26(33)30-18-6-19-31(22-21-30)27(34)15-16-28(35)32(20-5-17-29)24-7-3-2-4-8-24/h2-4,7-10,12-13H,5-6,11,14-16,18-22H2,1H3. The Bertz CT molecular complexity index is 1050. The molecule has 3 amide bonds. The average Bonchev–Trinajstić information content (AvgIpc) is 3.18. The molecule has 1 saturated heterocycles. The molecule has 1 aliphatic rings. The lowest BCUT2D eigenvalue weighted by Crippen LogP contribution is -2.38. The second kappa shape index (κ2) is 13.9. The first kappa shape index (κ1) is 26.7. The minimum atomic E-state index is -0.171. The maximum Gasteiger partial charge on any atom is 0.227 e. The molecule has 0 aromatic heterocycles. The number of methoxy groups -OCH3 is 1. The summed E-state index contributed by atoms with van der Waals surface area (Å²) in [5.41, 5.74) is 1.81. The number of hydrogen-bond donors (Lipinski definition) is 0. The first-order chi connectivity index (χ1) is 17.5. The highest BCUT2D eigenvalue weighted by Gasteiger charge is 2.23. The summed E-state index contributed by atoms with van der Waals surface area (Å²) in [4.78, 5) is 43.6. The summed E-state index contributed by atoms with van der Waals surface area (Å²) in [6, 6.07) is 19.0. The quantitative estimate of drug-likeness (QED) is 0.509. The smallest absolute Gasteiger partial charge is 0.227 e. The van der Waals surface area contributed by atoms with Gasteiger partial charge in [-0.3, -0.25) is 14.4 Å². The number of anilines is 1. The Morgan fingerprint density at radius 1 is 0.889 bits per heavy atom. The number of para-hydroxylation sites is 1. The van der Waals surface area contributed by atoms with Crippen LogP contribution in [0.5, 0.6) is 5.75 Å². The molecule has 0 spiro atoms. The summed E-state index contributed by atoms with van der Waals surface area (Å²) in [5.74, 6) is 0.629. The minimum Gasteiger partial charge on any atom is -0.497 e. The van der Waals surface area contributed by atoms with Crippen LogP contribution in [0.3, 0.4) is 0 Å². The predicted octanol–water partition coefficient (Wildman–Crippen LogP) is 3.42. The maximum atomic E-state index is 12.9. The Balaban J connectivity index is 1.46. The fraction of sp³-hybridized carbons (Fsp3) is 0.429. The highest BCUT2D eigenvalue weighted by molar-refractivity contribution is 5.95. The number of amides is 3. The Morgan fingerprint density at radius 2 is 1.53 bits per heavy atom. The van der Waals surface area contributed by atoms with Gasteiger partial charge in [0.1, 0.15) is 5.75 Å². The van der Waals surface area contributed by atoms with Gasteiger partial charge in [-0.1, -0.05) is 30.3 Å². The van der Waals surface area contributed by atoms with Crippen molar-refractivity contribution in [3.8, 4) is 11.8 Å². The lowest BCUT2D eigenvalue weighted by atomic mass is 10.1. The number of ether oxygens (including phenoxy) is 1. The van der Waals surface area contributed by atoms with Crippen molar-refractivity contribution < 1.29 is 19.1 Å². The van der Waals surface area contributed by atoms with E-state index in [9.17, 15) is 14.4 Å². The summed E-state index contributed by atoms with van der Waals surface area (Å²) in [5, 5.41) is 8.95. The molecular formula is C28H34N4O4. The Kier molecular flexibility index (Phi) is 10.3. The fourth-order valence-corrected chi connectivity index (χ4v) is 4.29. The van der Waals surface area contributed by atoms with E-state index >= 15 is 0 Å². The van der Waals surface area contributed by atoms with Gasteiger partial charge in [0.2, 0.25) is 17.7 Å². The number of hydrogen-bond acceptors (Lipinski definition) is 5. The van der Waals surface area contributed by atoms with Crippen LogP contribution < -0.4 is 9.64 Å². The van der Waals surface area contributed by atoms with E-state index in [0.717, 1.165) is 17.0 Å². The Morgan fingerprint density at radius 3 is 2.14 bits per heavy atom. The number of benzene rings is 2. The summed E-state index contributed by atoms with van der Waals surface area (Å²) in [7, 11) is 1.63. The van der Waals surface area contributed by atoms with Crippen LogP contribution in [0.1, 0.15) is 37.7 Å². The fourth-order valence-electron chi connectivity index (χ4n) is 4.29. The van der Waals surface area contributed by atoms with Gasteiger partial charge in [0.15, 0.2) is 0 Å². The summed E-state index contributed by atoms with van der Waals surface area (Å²) >= 11 is 0. The van der Waals surface area contributed by atoms with Crippen molar-refractivity contribution in [3.05, 3.63) is 60.2 Å². The third-order valence-electron chi connectivity index (χ3n) is 6.36. The lowest BCUT2D eigenvalue weighted by Gasteiger charge is -2.24. The second-order valence-corrected chi connectivity index (χ2v) is 8.75. The molecule has 8 heteroatoms. The summed E-state index contributed by atoms with van der Waals surface area (Å²) < 4.78 is 5.17. The van der Waals surface area contributed by atoms with Crippen molar-refractivity contribution >= 4 is 23.4 Å². The molecule has 1 heterocycles. The van der Waals surface area contributed by atoms with Crippen LogP contribution in [0.2, 0.25) is 0 Å². The molecule has 2 aromatic carbocycles. The van der Waals surface area contributed by atoms with Gasteiger partial charge >= 0.3 is 0 Å². The zero-order valence-electron chi connectivity index (χ0n) is 20.9. The number of rotatable bonds is 10. The van der Waals surface area contributed by atoms with E-state index in [-0.39, 0.29) is 37.0 Å². The van der Waals surface area contributed by atoms with Crippen LogP contribution in [0.25, 0.3) is 0 Å². The predicted molar refractivity (Wildman–Crippen MR) is 137 cm³/mol. The monoisotopic (exact) mass is 490 g/mol. The molecule has 0 aliphatic carbocycles. The van der Waals surface area contributed by atoms with Gasteiger partial charge in [0.25, 0.3) is 0 Å². The molecule has 1 fully saturated rings. The van der Waals surface area contributed by atoms with E-state index in [2.05, 4.69) is 6.07 Å². The highest BCUT2D eigenvalue weighted by Crippen LogP contribution is 2.17. The molecule has 0 radical (unpaired) electrons. The number of carbonyl (C=O) groups is 3. The molecule has 0 saturated carbocycles. The first-order valence-corrected chi connectivity index (χ1v) is 12.4. The summed E-state index contributed by atoms with van der Waals surface area (Å²) in [6.07, 6.45) is 2.22. The topological polar surface area (TPSA) is 93.9 Å². The molecule has 0 unspecified atom stereocenters. The molecular weight excluding hydrogens is 456 g/mol. The number of nitrogens with zero attached hydrogens (tertiary/aromatic N) is 4. The van der Waals surface area contributed by atoms with Crippen molar-refractivity contribution in [2.24, 2.45) is 0 Å². The molecule has 0 atom stereocenters. The number of carbonyl (C=O) groups excluding carboxylic acids is 3. The van der Waals surface area contributed by atoms with Crippen molar-refractivity contribution in [2.75, 3.05) is 44.7 Å². The molecule has 0 N–H and O–H groups in total. The first-order valence-electron chi connectivity index (χ1n) is 12.4. The van der Waals surface area contributed by atoms with Gasteiger partial charge in [0, 0.05) is 57.7 Å². The second-order valence-electron chi connectivity index (χ2n) is 8.75. The van der Waals surface area contributed by atoms with Crippen LogP contribution in [0.15, 0.2) is 54.6 Å². The van der Waals surface area contributed by atoms with Crippen LogP contribution >= 0.6 is 0 Å². The Labute approximate surface area is 213 Å². The zero-order chi connectivity index (χ0) is 25.8.